The van der Waals surface area contributed by atoms with Crippen LogP contribution in [0.15, 0.2) is 36.4 Å². The Morgan fingerprint density at radius 1 is 0.618 bits per heavy atom. The quantitative estimate of drug-likeness (QED) is 0.0490. The molecule has 0 aliphatic carbocycles. The fourth-order valence-corrected chi connectivity index (χ4v) is 10.9. The number of rotatable bonds is 40. The first-order valence-electron chi connectivity index (χ1n) is 28.9. The van der Waals surface area contributed by atoms with Gasteiger partial charge in [0.1, 0.15) is 12.4 Å². The van der Waals surface area contributed by atoms with Crippen LogP contribution in [0.5, 0.6) is 5.75 Å². The highest BCUT2D eigenvalue weighted by Gasteiger charge is 2.59. The predicted octanol–water partition coefficient (Wildman–Crippen LogP) is 18.7. The molecule has 1 spiro atoms. The van der Waals surface area contributed by atoms with E-state index in [4.69, 9.17) is 9.47 Å². The monoisotopic (exact) mass is 936 g/mol. The number of benzene rings is 2. The van der Waals surface area contributed by atoms with Crippen molar-refractivity contribution < 1.29 is 14.3 Å². The molecule has 0 saturated heterocycles. The number of nitriles is 1. The number of anilines is 2. The van der Waals surface area contributed by atoms with Gasteiger partial charge in [-0.3, -0.25) is 4.79 Å². The van der Waals surface area contributed by atoms with Crippen molar-refractivity contribution in [3.8, 4) is 11.8 Å². The van der Waals surface area contributed by atoms with Gasteiger partial charge in [0, 0.05) is 49.6 Å². The van der Waals surface area contributed by atoms with Crippen LogP contribution < -0.4 is 14.5 Å². The number of carbonyl (C=O) groups excluding carboxylic acids is 1. The van der Waals surface area contributed by atoms with Crippen LogP contribution in [0.3, 0.4) is 0 Å². The zero-order valence-electron chi connectivity index (χ0n) is 45.0. The maximum atomic E-state index is 13.1. The third-order valence-electron chi connectivity index (χ3n) is 15.4. The van der Waals surface area contributed by atoms with Crippen molar-refractivity contribution in [3.63, 3.8) is 0 Å². The largest absolute Gasteiger partial charge is 0.462 e. The second-order valence-electron chi connectivity index (χ2n) is 21.7. The standard InChI is InChI=1S/C62H101N3O3/c1-7-9-11-13-15-17-19-21-23-25-26-27-28-30-32-34-36-38-40-42-59(66)67-52-55-49-53(51-63)48-54-45-46-62(68-60(54)55)61(3,4)57-50-56(64(5)6)43-44-58(57)65(62)47-41-39-37-35-33-31-29-24-22-20-18-16-14-12-10-8-2/h43-46,48-50H,7-42,47,52H2,1-6H3. The third kappa shape index (κ3) is 19.0. The normalized spacial score (nSPS) is 15.6. The fourth-order valence-electron chi connectivity index (χ4n) is 10.9. The average molecular weight is 937 g/mol. The minimum Gasteiger partial charge on any atom is -0.462 e. The number of esters is 1. The number of nitrogens with zero attached hydrogens (tertiary/aromatic N) is 3. The van der Waals surface area contributed by atoms with E-state index < -0.39 is 11.1 Å². The van der Waals surface area contributed by atoms with Gasteiger partial charge in [-0.15, -0.1) is 0 Å². The predicted molar refractivity (Wildman–Crippen MR) is 292 cm³/mol. The van der Waals surface area contributed by atoms with Crippen molar-refractivity contribution in [2.24, 2.45) is 0 Å². The Hall–Kier alpha value is -3.46. The van der Waals surface area contributed by atoms with Crippen LogP contribution >= 0.6 is 0 Å². The summed E-state index contributed by atoms with van der Waals surface area (Å²) in [6.45, 7) is 10.2. The van der Waals surface area contributed by atoms with Gasteiger partial charge in [0.05, 0.1) is 17.0 Å². The topological polar surface area (TPSA) is 65.8 Å². The summed E-state index contributed by atoms with van der Waals surface area (Å²) in [4.78, 5) is 17.8. The van der Waals surface area contributed by atoms with Crippen molar-refractivity contribution in [1.29, 1.82) is 5.26 Å². The summed E-state index contributed by atoms with van der Waals surface area (Å²) in [7, 11) is 4.20. The number of fused-ring (bicyclic) bond motifs is 2. The molecule has 68 heavy (non-hydrogen) atoms. The van der Waals surface area contributed by atoms with Gasteiger partial charge >= 0.3 is 5.97 Å². The average Bonchev–Trinajstić information content (AvgIpc) is 3.51. The molecule has 1 atom stereocenters. The molecule has 6 nitrogen and oxygen atoms in total. The highest BCUT2D eigenvalue weighted by molar-refractivity contribution is 5.76. The lowest BCUT2D eigenvalue weighted by Gasteiger charge is -2.47. The molecule has 0 aromatic heterocycles. The number of hydrogen-bond acceptors (Lipinski definition) is 6. The molecule has 2 aromatic carbocycles. The molecule has 0 N–H and O–H groups in total. The first-order chi connectivity index (χ1) is 33.2. The Labute approximate surface area is 418 Å². The molecule has 4 rings (SSSR count). The van der Waals surface area contributed by atoms with Gasteiger partial charge in [-0.1, -0.05) is 226 Å². The fraction of sp³-hybridized carbons (Fsp3) is 0.742. The van der Waals surface area contributed by atoms with Crippen LogP contribution in [-0.2, 0) is 21.6 Å². The summed E-state index contributed by atoms with van der Waals surface area (Å²) in [6.07, 6.45) is 51.7. The van der Waals surface area contributed by atoms with Crippen molar-refractivity contribution in [1.82, 2.24) is 0 Å². The summed E-state index contributed by atoms with van der Waals surface area (Å²) in [5.74, 6) is 0.539. The van der Waals surface area contributed by atoms with E-state index >= 15 is 0 Å². The first-order valence-corrected chi connectivity index (χ1v) is 28.9. The second kappa shape index (κ2) is 33.2. The zero-order valence-corrected chi connectivity index (χ0v) is 45.0. The van der Waals surface area contributed by atoms with E-state index in [0.29, 0.717) is 17.7 Å². The Morgan fingerprint density at radius 3 is 1.50 bits per heavy atom. The van der Waals surface area contributed by atoms with E-state index in [1.54, 1.807) is 0 Å². The van der Waals surface area contributed by atoms with Gasteiger partial charge in [-0.25, -0.2) is 0 Å². The lowest BCUT2D eigenvalue weighted by atomic mass is 9.76. The smallest absolute Gasteiger partial charge is 0.306 e. The van der Waals surface area contributed by atoms with E-state index in [2.05, 4.69) is 88.0 Å². The Bertz CT molecular complexity index is 1760. The molecule has 2 heterocycles. The van der Waals surface area contributed by atoms with Gasteiger partial charge in [-0.05, 0) is 74.7 Å². The number of hydrogen-bond donors (Lipinski definition) is 0. The SMILES string of the molecule is CCCCCCCCCCCCCCCCCCCCCC(=O)OCc1cc(C#N)cc2c1OC1(C=C2)N(CCCCCCCCCCCCCCCCCC)c2ccc(N(C)C)cc2C1(C)C. The third-order valence-corrected chi connectivity index (χ3v) is 15.4. The van der Waals surface area contributed by atoms with Crippen LogP contribution in [-0.4, -0.2) is 32.3 Å². The molecule has 0 amide bonds. The maximum Gasteiger partial charge on any atom is 0.306 e. The van der Waals surface area contributed by atoms with Crippen molar-refractivity contribution in [2.75, 3.05) is 30.4 Å². The molecular formula is C62H101N3O3. The number of unbranched alkanes of at least 4 members (excludes halogenated alkanes) is 33. The zero-order chi connectivity index (χ0) is 48.7. The summed E-state index contributed by atoms with van der Waals surface area (Å²) in [6, 6.07) is 12.9. The maximum absolute atomic E-state index is 13.1. The van der Waals surface area contributed by atoms with Crippen molar-refractivity contribution in [3.05, 3.63) is 58.7 Å². The minimum absolute atomic E-state index is 0.0943. The molecule has 0 radical (unpaired) electrons. The van der Waals surface area contributed by atoms with E-state index in [1.165, 1.54) is 222 Å². The van der Waals surface area contributed by atoms with Gasteiger partial charge in [-0.2, -0.15) is 5.26 Å². The van der Waals surface area contributed by atoms with E-state index in [9.17, 15) is 10.1 Å². The molecule has 0 fully saturated rings. The van der Waals surface area contributed by atoms with Crippen LogP contribution in [0.1, 0.15) is 281 Å². The van der Waals surface area contributed by atoms with Gasteiger partial charge in [0.15, 0.2) is 0 Å². The highest BCUT2D eigenvalue weighted by atomic mass is 16.5. The number of ether oxygens (including phenoxy) is 2. The molecule has 2 aliphatic rings. The van der Waals surface area contributed by atoms with Crippen molar-refractivity contribution >= 4 is 23.4 Å². The van der Waals surface area contributed by atoms with Gasteiger partial charge in [0.2, 0.25) is 5.72 Å². The van der Waals surface area contributed by atoms with Crippen LogP contribution in [0.25, 0.3) is 6.08 Å². The van der Waals surface area contributed by atoms with E-state index in [-0.39, 0.29) is 12.6 Å². The Balaban J connectivity index is 1.21. The molecule has 1 unspecified atom stereocenters. The Morgan fingerprint density at radius 2 is 1.06 bits per heavy atom. The van der Waals surface area contributed by atoms with Crippen LogP contribution in [0.4, 0.5) is 11.4 Å². The Kier molecular flexibility index (Phi) is 27.9. The second-order valence-corrected chi connectivity index (χ2v) is 21.7. The first kappa shape index (κ1) is 57.1. The molecule has 2 aromatic rings. The molecular weight excluding hydrogens is 835 g/mol. The van der Waals surface area contributed by atoms with E-state index in [1.807, 2.05) is 12.1 Å². The summed E-state index contributed by atoms with van der Waals surface area (Å²) in [5, 5.41) is 10.0. The van der Waals surface area contributed by atoms with Gasteiger partial charge < -0.3 is 19.3 Å². The van der Waals surface area contributed by atoms with E-state index in [0.717, 1.165) is 36.9 Å². The lowest BCUT2D eigenvalue weighted by molar-refractivity contribution is -0.145. The summed E-state index contributed by atoms with van der Waals surface area (Å²) in [5.41, 5.74) is 4.66. The molecule has 382 valence electrons. The molecule has 2 aliphatic heterocycles. The minimum atomic E-state index is -0.775. The van der Waals surface area contributed by atoms with Crippen LogP contribution in [0, 0.1) is 11.3 Å². The van der Waals surface area contributed by atoms with Crippen LogP contribution in [0.2, 0.25) is 0 Å². The summed E-state index contributed by atoms with van der Waals surface area (Å²) >= 11 is 0. The molecule has 0 saturated carbocycles. The lowest BCUT2D eigenvalue weighted by Crippen LogP contribution is -2.59. The van der Waals surface area contributed by atoms with Gasteiger partial charge in [0.25, 0.3) is 0 Å². The number of carbonyl (C=O) groups is 1. The highest BCUT2D eigenvalue weighted by Crippen LogP contribution is 2.56. The van der Waals surface area contributed by atoms with Crippen molar-refractivity contribution in [2.45, 2.75) is 277 Å². The molecule has 0 bridgehead atoms. The summed E-state index contributed by atoms with van der Waals surface area (Å²) < 4.78 is 13.3. The molecule has 6 heteroatoms.